The smallest absolute Gasteiger partial charge is 0.274 e. The number of hydrogen-bond acceptors (Lipinski definition) is 12. The minimum absolute atomic E-state index is 0.0431. The number of aromatic amines is 2. The highest BCUT2D eigenvalue weighted by atomic mass is 35.5. The average molecular weight is 1190 g/mol. The molecule has 6 aliphatic rings. The number of alkyl halides is 2. The zero-order valence-corrected chi connectivity index (χ0v) is 50.0. The monoisotopic (exact) mass is 1190 g/mol. The lowest BCUT2D eigenvalue weighted by atomic mass is 9.76. The molecule has 0 saturated carbocycles. The molecule has 0 radical (unpaired) electrons. The van der Waals surface area contributed by atoms with E-state index in [0.717, 1.165) is 119 Å². The Kier molecular flexibility index (Phi) is 14.7. The number of anilines is 2. The van der Waals surface area contributed by atoms with Crippen LogP contribution in [0.3, 0.4) is 0 Å². The molecule has 4 N–H and O–H groups in total. The zero-order chi connectivity index (χ0) is 58.3. The number of phenols is 2. The summed E-state index contributed by atoms with van der Waals surface area (Å²) in [5.41, 5.74) is 7.19. The van der Waals surface area contributed by atoms with Crippen molar-refractivity contribution in [1.82, 2.24) is 24.7 Å². The van der Waals surface area contributed by atoms with Crippen LogP contribution < -0.4 is 28.7 Å². The second-order valence-corrected chi connectivity index (χ2v) is 25.6. The number of methoxy groups -OCH3 is 2. The van der Waals surface area contributed by atoms with Gasteiger partial charge >= 0.3 is 0 Å². The van der Waals surface area contributed by atoms with E-state index >= 15 is 0 Å². The Labute approximate surface area is 504 Å². The number of phenolic OH excluding ortho intramolecular Hbond substituents is 2. The number of piperidine rings is 2. The van der Waals surface area contributed by atoms with Gasteiger partial charge in [0, 0.05) is 113 Å². The summed E-state index contributed by atoms with van der Waals surface area (Å²) in [5, 5.41) is 27.6. The van der Waals surface area contributed by atoms with Crippen molar-refractivity contribution in [3.8, 4) is 34.5 Å². The maximum atomic E-state index is 14.5. The van der Waals surface area contributed by atoms with Crippen molar-refractivity contribution in [2.24, 2.45) is 10.8 Å². The summed E-state index contributed by atoms with van der Waals surface area (Å²) in [4.78, 5) is 46.2. The number of aromatic nitrogens is 2. The van der Waals surface area contributed by atoms with Crippen molar-refractivity contribution in [1.29, 1.82) is 0 Å². The van der Waals surface area contributed by atoms with Gasteiger partial charge < -0.3 is 58.6 Å². The molecule has 0 aliphatic carbocycles. The lowest BCUT2D eigenvalue weighted by molar-refractivity contribution is 0.0609. The molecule has 4 fully saturated rings. The molecule has 4 saturated heterocycles. The third kappa shape index (κ3) is 10.1. The number of amides is 2. The lowest BCUT2D eigenvalue weighted by Gasteiger charge is -2.39. The van der Waals surface area contributed by atoms with Crippen molar-refractivity contribution in [2.45, 2.75) is 56.5 Å². The standard InChI is InChI=1S/C67H73Cl2N7O9/c1-72-15-10-66(38-72)11-16-73(17-12-66)20-22-83-59-27-42-26-52(71-50(42)30-57(59)81-2)65(80)76-37-44(35-69)63-47-9-8-40(24-48(47)56(78)32-54(63)76)61-33-67(39-85-61)13-18-74(19-14-67)21-23-84-60-28-41-25-51(70-49(41)29-58(60)82-3)64(79)75-36-43(34-68)62-46-7-5-4-6-45(46)55(77)31-53(62)75/h4-9,24-32,43-44,61,70-71,77-78H,10-23,33-39H2,1-3H3. The summed E-state index contributed by atoms with van der Waals surface area (Å²) in [6, 6.07) is 28.7. The molecule has 6 aliphatic heterocycles. The Bertz CT molecular complexity index is 3910. The van der Waals surface area contributed by atoms with Crippen LogP contribution in [0.1, 0.15) is 94.1 Å². The maximum absolute atomic E-state index is 14.5. The number of fused-ring (bicyclic) bond motifs is 8. The summed E-state index contributed by atoms with van der Waals surface area (Å²) in [5.74, 6) is 2.70. The van der Waals surface area contributed by atoms with Crippen molar-refractivity contribution in [3.05, 3.63) is 119 Å². The number of benzene rings is 6. The molecule has 8 heterocycles. The van der Waals surface area contributed by atoms with E-state index in [1.807, 2.05) is 60.7 Å². The van der Waals surface area contributed by atoms with Gasteiger partial charge in [0.2, 0.25) is 0 Å². The van der Waals surface area contributed by atoms with E-state index in [-0.39, 0.29) is 46.7 Å². The minimum Gasteiger partial charge on any atom is -0.507 e. The molecule has 6 aromatic carbocycles. The number of aromatic hydroxyl groups is 2. The maximum Gasteiger partial charge on any atom is 0.274 e. The number of H-pyrrole nitrogens is 2. The van der Waals surface area contributed by atoms with Crippen molar-refractivity contribution in [3.63, 3.8) is 0 Å². The molecule has 2 amide bonds. The summed E-state index contributed by atoms with van der Waals surface area (Å²) in [6.45, 7) is 10.5. The predicted molar refractivity (Wildman–Crippen MR) is 334 cm³/mol. The zero-order valence-electron chi connectivity index (χ0n) is 48.5. The third-order valence-corrected chi connectivity index (χ3v) is 20.7. The van der Waals surface area contributed by atoms with E-state index in [9.17, 15) is 19.8 Å². The van der Waals surface area contributed by atoms with Crippen LogP contribution in [0, 0.1) is 10.8 Å². The molecule has 0 bridgehead atoms. The topological polar surface area (TPSA) is 169 Å². The van der Waals surface area contributed by atoms with E-state index in [0.29, 0.717) is 95.8 Å². The van der Waals surface area contributed by atoms with Crippen LogP contribution in [-0.2, 0) is 4.74 Å². The molecule has 16 nitrogen and oxygen atoms in total. The molecular formula is C67H73Cl2N7O9. The summed E-state index contributed by atoms with van der Waals surface area (Å²) < 4.78 is 30.9. The first-order valence-electron chi connectivity index (χ1n) is 30.0. The molecule has 3 atom stereocenters. The van der Waals surface area contributed by atoms with Crippen LogP contribution in [0.15, 0.2) is 91.0 Å². The van der Waals surface area contributed by atoms with Crippen molar-refractivity contribution < 1.29 is 43.5 Å². The highest BCUT2D eigenvalue weighted by Crippen LogP contribution is 2.51. The largest absolute Gasteiger partial charge is 0.507 e. The van der Waals surface area contributed by atoms with Gasteiger partial charge in [-0.3, -0.25) is 19.4 Å². The van der Waals surface area contributed by atoms with Gasteiger partial charge in [-0.2, -0.15) is 0 Å². The molecule has 18 heteroatoms. The summed E-state index contributed by atoms with van der Waals surface area (Å²) in [7, 11) is 5.49. The van der Waals surface area contributed by atoms with Gasteiger partial charge in [-0.1, -0.05) is 36.4 Å². The first-order chi connectivity index (χ1) is 41.3. The predicted octanol–water partition coefficient (Wildman–Crippen LogP) is 11.8. The fraction of sp³-hybridized carbons (Fsp3) is 0.433. The van der Waals surface area contributed by atoms with Crippen LogP contribution >= 0.6 is 23.2 Å². The van der Waals surface area contributed by atoms with Crippen LogP contribution in [0.25, 0.3) is 43.4 Å². The first kappa shape index (κ1) is 55.9. The third-order valence-electron chi connectivity index (χ3n) is 19.9. The average Bonchev–Trinajstić information content (AvgIpc) is 3.33. The van der Waals surface area contributed by atoms with Gasteiger partial charge in [0.1, 0.15) is 36.1 Å². The quantitative estimate of drug-likeness (QED) is 0.0718. The summed E-state index contributed by atoms with van der Waals surface area (Å²) in [6.07, 6.45) is 6.53. The number of ether oxygens (including phenoxy) is 5. The van der Waals surface area contributed by atoms with Gasteiger partial charge in [-0.25, -0.2) is 0 Å². The fourth-order valence-electron chi connectivity index (χ4n) is 15.1. The molecule has 2 spiro atoms. The Hall–Kier alpha value is -6.92. The number of halogens is 2. The van der Waals surface area contributed by atoms with Crippen LogP contribution in [0.2, 0.25) is 0 Å². The first-order valence-corrected chi connectivity index (χ1v) is 31.1. The van der Waals surface area contributed by atoms with Gasteiger partial charge in [0.25, 0.3) is 11.8 Å². The second-order valence-electron chi connectivity index (χ2n) is 25.0. The summed E-state index contributed by atoms with van der Waals surface area (Å²) >= 11 is 13.2. The Morgan fingerprint density at radius 3 is 1.64 bits per heavy atom. The molecule has 444 valence electrons. The molecule has 85 heavy (non-hydrogen) atoms. The van der Waals surface area contributed by atoms with E-state index < -0.39 is 0 Å². The number of carbonyl (C=O) groups excluding carboxylic acids is 2. The van der Waals surface area contributed by atoms with E-state index in [2.05, 4.69) is 49.9 Å². The molecule has 8 aromatic rings. The number of nitrogens with one attached hydrogen (secondary N) is 2. The van der Waals surface area contributed by atoms with E-state index in [4.69, 9.17) is 46.9 Å². The number of hydrogen-bond donors (Lipinski definition) is 4. The van der Waals surface area contributed by atoms with Crippen LogP contribution in [-0.4, -0.2) is 165 Å². The fourth-order valence-corrected chi connectivity index (χ4v) is 15.6. The van der Waals surface area contributed by atoms with Crippen LogP contribution in [0.5, 0.6) is 34.5 Å². The highest BCUT2D eigenvalue weighted by Gasteiger charge is 2.44. The van der Waals surface area contributed by atoms with E-state index in [1.54, 1.807) is 36.2 Å². The number of nitrogens with zero attached hydrogens (tertiary/aromatic N) is 5. The molecular weight excluding hydrogens is 1120 g/mol. The molecule has 3 unspecified atom stereocenters. The molecule has 2 aromatic heterocycles. The van der Waals surface area contributed by atoms with E-state index in [1.165, 1.54) is 32.4 Å². The minimum atomic E-state index is -0.208. The van der Waals surface area contributed by atoms with Gasteiger partial charge in [-0.15, -0.1) is 23.2 Å². The molecule has 14 rings (SSSR count). The highest BCUT2D eigenvalue weighted by molar-refractivity contribution is 6.20. The van der Waals surface area contributed by atoms with Gasteiger partial charge in [0.15, 0.2) is 23.0 Å². The Morgan fingerprint density at radius 2 is 1.12 bits per heavy atom. The normalized spacial score (nSPS) is 21.3. The number of likely N-dealkylation sites (tertiary alicyclic amines) is 3. The number of rotatable bonds is 15. The van der Waals surface area contributed by atoms with Gasteiger partial charge in [-0.05, 0) is 147 Å². The van der Waals surface area contributed by atoms with Crippen LogP contribution in [0.4, 0.5) is 11.4 Å². The second kappa shape index (κ2) is 22.4. The van der Waals surface area contributed by atoms with Gasteiger partial charge in [0.05, 0.1) is 38.3 Å². The SMILES string of the molecule is COc1cc2[nH]c(C(=O)N3CC(CCl)c4c3cc(O)c3ccccc43)cc2cc1OCCN1CCC2(CC1)COC(c1ccc3c4c(cc(O)c3c1)N(C(=O)c1cc3cc(OCCN5CCC6(CCN(C)C6)CC5)c(OC)cc3[nH]1)CC4CCl)C2. The Morgan fingerprint density at radius 1 is 0.612 bits per heavy atom. The number of carbonyl (C=O) groups is 2. The lowest BCUT2D eigenvalue weighted by Crippen LogP contribution is -2.42. The van der Waals surface area contributed by atoms with Crippen molar-refractivity contribution >= 4 is 89.7 Å². The Balaban J connectivity index is 0.595. The van der Waals surface area contributed by atoms with Crippen molar-refractivity contribution in [2.75, 3.05) is 128 Å².